The van der Waals surface area contributed by atoms with Crippen LogP contribution < -0.4 is 14.8 Å². The highest BCUT2D eigenvalue weighted by Crippen LogP contribution is 2.28. The fourth-order valence-corrected chi connectivity index (χ4v) is 3.18. The van der Waals surface area contributed by atoms with E-state index in [-0.39, 0.29) is 18.4 Å². The predicted octanol–water partition coefficient (Wildman–Crippen LogP) is 2.10. The molecule has 0 bridgehead atoms. The maximum absolute atomic E-state index is 12.5. The van der Waals surface area contributed by atoms with E-state index in [0.29, 0.717) is 48.9 Å². The van der Waals surface area contributed by atoms with Crippen molar-refractivity contribution in [1.82, 2.24) is 9.80 Å². The van der Waals surface area contributed by atoms with Crippen molar-refractivity contribution in [3.8, 4) is 11.5 Å². The highest BCUT2D eigenvalue weighted by molar-refractivity contribution is 5.95. The predicted molar refractivity (Wildman–Crippen MR) is 107 cm³/mol. The molecular formula is C21H25N3O4. The molecule has 0 unspecified atom stereocenters. The molecule has 1 fully saturated rings. The monoisotopic (exact) mass is 383 g/mol. The van der Waals surface area contributed by atoms with E-state index in [1.165, 1.54) is 0 Å². The van der Waals surface area contributed by atoms with E-state index < -0.39 is 0 Å². The number of nitrogens with one attached hydrogen (secondary N) is 1. The summed E-state index contributed by atoms with van der Waals surface area (Å²) in [5.41, 5.74) is 1.27. The minimum Gasteiger partial charge on any atom is -0.497 e. The molecule has 0 aromatic heterocycles. The van der Waals surface area contributed by atoms with Crippen LogP contribution in [0.4, 0.5) is 5.69 Å². The van der Waals surface area contributed by atoms with Gasteiger partial charge in [-0.15, -0.1) is 0 Å². The van der Waals surface area contributed by atoms with Gasteiger partial charge in [-0.25, -0.2) is 0 Å². The summed E-state index contributed by atoms with van der Waals surface area (Å²) in [6.45, 7) is 2.77. The Morgan fingerprint density at radius 3 is 2.32 bits per heavy atom. The minimum atomic E-state index is -0.130. The van der Waals surface area contributed by atoms with Crippen LogP contribution in [0.25, 0.3) is 0 Å². The van der Waals surface area contributed by atoms with Gasteiger partial charge in [-0.2, -0.15) is 0 Å². The van der Waals surface area contributed by atoms with Crippen molar-refractivity contribution in [3.63, 3.8) is 0 Å². The second-order valence-electron chi connectivity index (χ2n) is 6.55. The van der Waals surface area contributed by atoms with Gasteiger partial charge in [0.2, 0.25) is 5.91 Å². The van der Waals surface area contributed by atoms with E-state index in [1.807, 2.05) is 40.1 Å². The summed E-state index contributed by atoms with van der Waals surface area (Å²) in [7, 11) is 3.13. The quantitative estimate of drug-likeness (QED) is 0.827. The van der Waals surface area contributed by atoms with Gasteiger partial charge in [0.05, 0.1) is 26.5 Å². The van der Waals surface area contributed by atoms with Gasteiger partial charge in [0.25, 0.3) is 5.91 Å². The van der Waals surface area contributed by atoms with Gasteiger partial charge < -0.3 is 19.7 Å². The van der Waals surface area contributed by atoms with Crippen LogP contribution in [0.2, 0.25) is 0 Å². The molecule has 0 saturated carbocycles. The standard InChI is InChI=1S/C21H25N3O4/c1-27-17-8-9-19(28-2)18(14-17)22-20(25)15-23-10-12-24(13-11-23)21(26)16-6-4-3-5-7-16/h3-9,14H,10-13,15H2,1-2H3,(H,22,25). The third-order valence-corrected chi connectivity index (χ3v) is 4.73. The van der Waals surface area contributed by atoms with Gasteiger partial charge >= 0.3 is 0 Å². The highest BCUT2D eigenvalue weighted by Gasteiger charge is 2.23. The molecule has 2 amide bonds. The number of carbonyl (C=O) groups excluding carboxylic acids is 2. The van der Waals surface area contributed by atoms with Gasteiger partial charge in [-0.05, 0) is 24.3 Å². The molecule has 28 heavy (non-hydrogen) atoms. The number of piperazine rings is 1. The molecule has 7 heteroatoms. The van der Waals surface area contributed by atoms with Crippen molar-refractivity contribution < 1.29 is 19.1 Å². The Morgan fingerprint density at radius 2 is 1.68 bits per heavy atom. The van der Waals surface area contributed by atoms with Crippen LogP contribution in [0, 0.1) is 0 Å². The van der Waals surface area contributed by atoms with Gasteiger partial charge in [-0.1, -0.05) is 18.2 Å². The molecule has 148 valence electrons. The lowest BCUT2D eigenvalue weighted by Gasteiger charge is -2.34. The van der Waals surface area contributed by atoms with E-state index in [2.05, 4.69) is 5.32 Å². The molecule has 1 N–H and O–H groups in total. The molecule has 1 saturated heterocycles. The van der Waals surface area contributed by atoms with Crippen LogP contribution in [-0.2, 0) is 4.79 Å². The Kier molecular flexibility index (Phi) is 6.49. The Bertz CT molecular complexity index is 818. The fraction of sp³-hybridized carbons (Fsp3) is 0.333. The summed E-state index contributed by atoms with van der Waals surface area (Å²) in [4.78, 5) is 28.8. The number of carbonyl (C=O) groups is 2. The molecule has 0 spiro atoms. The van der Waals surface area contributed by atoms with Crippen molar-refractivity contribution in [2.45, 2.75) is 0 Å². The first kappa shape index (κ1) is 19.7. The van der Waals surface area contributed by atoms with E-state index in [4.69, 9.17) is 9.47 Å². The highest BCUT2D eigenvalue weighted by atomic mass is 16.5. The smallest absolute Gasteiger partial charge is 0.253 e. The third kappa shape index (κ3) is 4.80. The summed E-state index contributed by atoms with van der Waals surface area (Å²) in [6, 6.07) is 14.5. The van der Waals surface area contributed by atoms with Crippen LogP contribution in [0.3, 0.4) is 0 Å². The molecule has 1 aliphatic rings. The van der Waals surface area contributed by atoms with Gasteiger partial charge in [0.15, 0.2) is 0 Å². The van der Waals surface area contributed by atoms with Crippen molar-refractivity contribution in [2.75, 3.05) is 52.3 Å². The fourth-order valence-electron chi connectivity index (χ4n) is 3.18. The summed E-state index contributed by atoms with van der Waals surface area (Å²) in [6.07, 6.45) is 0. The molecule has 0 aliphatic carbocycles. The van der Waals surface area contributed by atoms with Crippen LogP contribution in [-0.4, -0.2) is 68.6 Å². The SMILES string of the molecule is COc1ccc(OC)c(NC(=O)CN2CCN(C(=O)c3ccccc3)CC2)c1. The van der Waals surface area contributed by atoms with E-state index in [1.54, 1.807) is 32.4 Å². The largest absolute Gasteiger partial charge is 0.497 e. The molecule has 2 aromatic carbocycles. The maximum Gasteiger partial charge on any atom is 0.253 e. The number of nitrogens with zero attached hydrogens (tertiary/aromatic N) is 2. The first-order valence-electron chi connectivity index (χ1n) is 9.19. The lowest BCUT2D eigenvalue weighted by molar-refractivity contribution is -0.117. The Morgan fingerprint density at radius 1 is 0.964 bits per heavy atom. The first-order valence-corrected chi connectivity index (χ1v) is 9.19. The summed E-state index contributed by atoms with van der Waals surface area (Å²) in [5, 5.41) is 2.88. The number of amides is 2. The minimum absolute atomic E-state index is 0.0332. The van der Waals surface area contributed by atoms with Crippen molar-refractivity contribution in [2.24, 2.45) is 0 Å². The van der Waals surface area contributed by atoms with Crippen molar-refractivity contribution >= 4 is 17.5 Å². The van der Waals surface area contributed by atoms with Crippen LogP contribution >= 0.6 is 0 Å². The van der Waals surface area contributed by atoms with Crippen molar-refractivity contribution in [1.29, 1.82) is 0 Å². The molecule has 0 radical (unpaired) electrons. The second kappa shape index (κ2) is 9.23. The normalized spacial score (nSPS) is 14.4. The lowest BCUT2D eigenvalue weighted by Crippen LogP contribution is -2.50. The molecule has 3 rings (SSSR count). The molecule has 0 atom stereocenters. The number of methoxy groups -OCH3 is 2. The van der Waals surface area contributed by atoms with E-state index in [0.717, 1.165) is 0 Å². The topological polar surface area (TPSA) is 71.1 Å². The zero-order valence-corrected chi connectivity index (χ0v) is 16.2. The zero-order chi connectivity index (χ0) is 19.9. The number of benzene rings is 2. The van der Waals surface area contributed by atoms with Crippen LogP contribution in [0.5, 0.6) is 11.5 Å². The van der Waals surface area contributed by atoms with Gasteiger partial charge in [0, 0.05) is 37.8 Å². The number of hydrogen-bond acceptors (Lipinski definition) is 5. The number of anilines is 1. The van der Waals surface area contributed by atoms with Gasteiger partial charge in [0.1, 0.15) is 11.5 Å². The van der Waals surface area contributed by atoms with Crippen molar-refractivity contribution in [3.05, 3.63) is 54.1 Å². The summed E-state index contributed by atoms with van der Waals surface area (Å²) in [5.74, 6) is 1.12. The Hall–Kier alpha value is -3.06. The molecule has 1 heterocycles. The zero-order valence-electron chi connectivity index (χ0n) is 16.2. The third-order valence-electron chi connectivity index (χ3n) is 4.73. The Balaban J connectivity index is 1.52. The average Bonchev–Trinajstić information content (AvgIpc) is 2.74. The van der Waals surface area contributed by atoms with Crippen LogP contribution in [0.1, 0.15) is 10.4 Å². The Labute approximate surface area is 164 Å². The number of hydrogen-bond donors (Lipinski definition) is 1. The lowest BCUT2D eigenvalue weighted by atomic mass is 10.2. The molecule has 1 aliphatic heterocycles. The second-order valence-corrected chi connectivity index (χ2v) is 6.55. The van der Waals surface area contributed by atoms with Gasteiger partial charge in [-0.3, -0.25) is 14.5 Å². The van der Waals surface area contributed by atoms with E-state index in [9.17, 15) is 9.59 Å². The average molecular weight is 383 g/mol. The number of rotatable bonds is 6. The maximum atomic E-state index is 12.5. The molecule has 7 nitrogen and oxygen atoms in total. The van der Waals surface area contributed by atoms with E-state index >= 15 is 0 Å². The molecule has 2 aromatic rings. The first-order chi connectivity index (χ1) is 13.6. The number of ether oxygens (including phenoxy) is 2. The van der Waals surface area contributed by atoms with Crippen LogP contribution in [0.15, 0.2) is 48.5 Å². The summed E-state index contributed by atoms with van der Waals surface area (Å²) >= 11 is 0. The summed E-state index contributed by atoms with van der Waals surface area (Å²) < 4.78 is 10.5. The molecular weight excluding hydrogens is 358 g/mol.